The lowest BCUT2D eigenvalue weighted by atomic mass is 9.60. The number of imide groups is 1. The highest BCUT2D eigenvalue weighted by Crippen LogP contribution is 2.49. The Kier molecular flexibility index (Phi) is 12.0. The van der Waals surface area contributed by atoms with Crippen LogP contribution in [-0.4, -0.2) is 87.7 Å². The molecule has 62 heavy (non-hydrogen) atoms. The molecule has 4 amide bonds. The lowest BCUT2D eigenvalue weighted by molar-refractivity contribution is -0.150. The molecule has 1 atom stereocenters. The number of amides is 4. The lowest BCUT2D eigenvalue weighted by Crippen LogP contribution is -2.66. The molecule has 0 unspecified atom stereocenters. The van der Waals surface area contributed by atoms with E-state index >= 15 is 4.39 Å². The van der Waals surface area contributed by atoms with Crippen molar-refractivity contribution in [2.24, 2.45) is 5.41 Å². The van der Waals surface area contributed by atoms with Crippen molar-refractivity contribution in [3.05, 3.63) is 76.2 Å². The second-order valence-electron chi connectivity index (χ2n) is 18.3. The average molecular weight is 885 g/mol. The van der Waals surface area contributed by atoms with E-state index in [4.69, 9.17) is 9.97 Å². The quantitative estimate of drug-likeness (QED) is 0.0846. The van der Waals surface area contributed by atoms with Crippen molar-refractivity contribution in [2.75, 3.05) is 28.9 Å². The monoisotopic (exact) mass is 884 g/mol. The van der Waals surface area contributed by atoms with Crippen LogP contribution >= 0.6 is 11.3 Å². The summed E-state index contributed by atoms with van der Waals surface area (Å²) in [6.45, 7) is 9.70. The molecule has 3 N–H and O–H groups in total. The number of hydrogen-bond donors (Lipinski definition) is 3. The molecule has 4 aliphatic rings. The maximum atomic E-state index is 16.0. The zero-order valence-electron chi connectivity index (χ0n) is 35.6. The highest BCUT2D eigenvalue weighted by Gasteiger charge is 2.53. The Bertz CT molecular complexity index is 2520. The van der Waals surface area contributed by atoms with E-state index in [9.17, 15) is 27.6 Å². The largest absolute Gasteiger partial charge is 0.351 e. The van der Waals surface area contributed by atoms with Crippen molar-refractivity contribution in [2.45, 2.75) is 116 Å². The molecule has 2 aromatic heterocycles. The number of piperidine rings is 1. The number of benzene rings is 2. The summed E-state index contributed by atoms with van der Waals surface area (Å²) in [6, 6.07) is 11.8. The minimum absolute atomic E-state index is 0.0946. The molecule has 2 saturated heterocycles. The van der Waals surface area contributed by atoms with Gasteiger partial charge >= 0.3 is 0 Å². The number of rotatable bonds is 15. The van der Waals surface area contributed by atoms with E-state index in [0.29, 0.717) is 53.6 Å². The number of aromatic nitrogens is 3. The first-order chi connectivity index (χ1) is 29.5. The van der Waals surface area contributed by atoms with Gasteiger partial charge in [0.05, 0.1) is 32.7 Å². The number of carbonyl (C=O) groups is 4. The first-order valence-corrected chi connectivity index (χ1v) is 23.9. The molecule has 0 radical (unpaired) electrons. The third-order valence-electron chi connectivity index (χ3n) is 12.2. The summed E-state index contributed by atoms with van der Waals surface area (Å²) in [7, 11) is -3.71. The van der Waals surface area contributed by atoms with Crippen LogP contribution in [0.15, 0.2) is 48.7 Å². The minimum Gasteiger partial charge on any atom is -0.351 e. The van der Waals surface area contributed by atoms with Crippen LogP contribution in [-0.2, 0) is 42.8 Å². The summed E-state index contributed by atoms with van der Waals surface area (Å²) >= 11 is 1.43. The Hall–Kier alpha value is -5.29. The highest BCUT2D eigenvalue weighted by atomic mass is 32.2. The van der Waals surface area contributed by atoms with Gasteiger partial charge in [-0.25, -0.2) is 27.8 Å². The maximum Gasteiger partial charge on any atom is 0.255 e. The molecule has 3 fully saturated rings. The Balaban J connectivity index is 0.805. The van der Waals surface area contributed by atoms with Crippen LogP contribution in [0, 0.1) is 11.2 Å². The van der Waals surface area contributed by atoms with Crippen molar-refractivity contribution < 1.29 is 32.0 Å². The molecule has 328 valence electrons. The van der Waals surface area contributed by atoms with Gasteiger partial charge in [0.2, 0.25) is 33.7 Å². The van der Waals surface area contributed by atoms with E-state index < -0.39 is 27.8 Å². The number of halogens is 1. The minimum atomic E-state index is -3.71. The molecule has 17 heteroatoms. The van der Waals surface area contributed by atoms with E-state index in [1.54, 1.807) is 36.2 Å². The number of nitrogens with zero attached hydrogens (tertiary/aromatic N) is 5. The summed E-state index contributed by atoms with van der Waals surface area (Å²) in [6.07, 6.45) is 8.30. The fraction of sp³-hybridized carbons (Fsp3) is 0.489. The number of aryl methyl sites for hydroxylation is 1. The Morgan fingerprint density at radius 1 is 1.03 bits per heavy atom. The number of thiazole rings is 1. The number of nitrogens with one attached hydrogen (secondary N) is 3. The first-order valence-electron chi connectivity index (χ1n) is 21.5. The van der Waals surface area contributed by atoms with E-state index in [1.165, 1.54) is 17.4 Å². The van der Waals surface area contributed by atoms with Crippen LogP contribution in [0.2, 0.25) is 0 Å². The van der Waals surface area contributed by atoms with Gasteiger partial charge in [-0.3, -0.25) is 29.2 Å². The number of hydrogen-bond acceptors (Lipinski definition) is 11. The van der Waals surface area contributed by atoms with E-state index in [1.807, 2.05) is 43.9 Å². The van der Waals surface area contributed by atoms with Gasteiger partial charge in [0.15, 0.2) is 5.82 Å². The van der Waals surface area contributed by atoms with Gasteiger partial charge in [-0.2, -0.15) is 0 Å². The number of anilines is 2. The zero-order chi connectivity index (χ0) is 44.0. The Labute approximate surface area is 365 Å². The molecule has 1 aliphatic carbocycles. The van der Waals surface area contributed by atoms with Crippen molar-refractivity contribution in [3.63, 3.8) is 0 Å². The summed E-state index contributed by atoms with van der Waals surface area (Å²) < 4.78 is 43.4. The summed E-state index contributed by atoms with van der Waals surface area (Å²) in [4.78, 5) is 68.6. The number of unbranched alkanes of at least 4 members (excludes halogenated alkanes) is 2. The molecular formula is C45H53FN8O6S2. The zero-order valence-corrected chi connectivity index (χ0v) is 37.2. The van der Waals surface area contributed by atoms with E-state index in [0.717, 1.165) is 67.7 Å². The molecule has 14 nitrogen and oxygen atoms in total. The topological polar surface area (TPSA) is 184 Å². The Morgan fingerprint density at radius 3 is 2.56 bits per heavy atom. The molecule has 5 heterocycles. The summed E-state index contributed by atoms with van der Waals surface area (Å²) in [5, 5.41) is 6.60. The van der Waals surface area contributed by atoms with Crippen LogP contribution < -0.4 is 15.4 Å². The SMILES string of the molecule is CCCS(=O)(=O)Nc1cccc(-c2nc(C(C)(C)C)sc2-c2ccnc(NC3CC4(C3)CN(C(=O)CCCCCc3ccc5c(c3)C(=O)N([C@@H]3CCC(=O)NC3=O)C5)C4)n2)c1F. The molecule has 8 rings (SSSR count). The van der Waals surface area contributed by atoms with Crippen LogP contribution in [0.3, 0.4) is 0 Å². The normalized spacial score (nSPS) is 18.7. The molecule has 3 aliphatic heterocycles. The standard InChI is InChI=1S/C45H53FN8O6S2/c1-5-20-62(59,60)52-32-12-9-11-30(37(32)46)38-39(61-42(51-38)44(2,3)4)33-18-19-47-43(49-33)48-29-22-45(23-29)25-53(26-45)36(56)13-8-6-7-10-27-14-15-28-24-54(41(58)31(28)21-27)34-16-17-35(55)50-40(34)57/h9,11-12,14-15,18-19,21,29,34,52H,5-8,10,13,16-17,20,22-26H2,1-4H3,(H,47,48,49)(H,50,55,57)/t34-/m1/s1. The maximum absolute atomic E-state index is 16.0. The van der Waals surface area contributed by atoms with Crippen LogP contribution in [0.5, 0.6) is 0 Å². The fourth-order valence-corrected chi connectivity index (χ4v) is 11.2. The third kappa shape index (κ3) is 9.10. The van der Waals surface area contributed by atoms with Crippen molar-refractivity contribution in [1.82, 2.24) is 30.1 Å². The van der Waals surface area contributed by atoms with Gasteiger partial charge in [-0.05, 0) is 80.3 Å². The van der Waals surface area contributed by atoms with Gasteiger partial charge in [0.25, 0.3) is 5.91 Å². The molecule has 0 bridgehead atoms. The molecular weight excluding hydrogens is 832 g/mol. The summed E-state index contributed by atoms with van der Waals surface area (Å²) in [5.74, 6) is -1.07. The Morgan fingerprint density at radius 2 is 1.82 bits per heavy atom. The molecule has 1 saturated carbocycles. The van der Waals surface area contributed by atoms with Crippen molar-refractivity contribution in [3.8, 4) is 21.8 Å². The highest BCUT2D eigenvalue weighted by molar-refractivity contribution is 7.92. The van der Waals surface area contributed by atoms with E-state index in [-0.39, 0.29) is 58.0 Å². The van der Waals surface area contributed by atoms with Gasteiger partial charge < -0.3 is 15.1 Å². The first kappa shape index (κ1) is 43.4. The predicted octanol–water partition coefficient (Wildman–Crippen LogP) is 6.82. The molecule has 2 aromatic carbocycles. The smallest absolute Gasteiger partial charge is 0.255 e. The van der Waals surface area contributed by atoms with Crippen LogP contribution in [0.1, 0.15) is 112 Å². The second-order valence-corrected chi connectivity index (χ2v) is 21.1. The fourth-order valence-electron chi connectivity index (χ4n) is 9.00. The van der Waals surface area contributed by atoms with Gasteiger partial charge in [-0.15, -0.1) is 11.3 Å². The average Bonchev–Trinajstić information content (AvgIpc) is 3.78. The van der Waals surface area contributed by atoms with Gasteiger partial charge in [0, 0.05) is 66.7 Å². The number of sulfonamides is 1. The second kappa shape index (κ2) is 17.1. The summed E-state index contributed by atoms with van der Waals surface area (Å²) in [5.41, 5.74) is 3.36. The van der Waals surface area contributed by atoms with Crippen LogP contribution in [0.4, 0.5) is 16.0 Å². The van der Waals surface area contributed by atoms with Crippen molar-refractivity contribution in [1.29, 1.82) is 0 Å². The predicted molar refractivity (Wildman–Crippen MR) is 235 cm³/mol. The van der Waals surface area contributed by atoms with E-state index in [2.05, 4.69) is 20.3 Å². The lowest BCUT2D eigenvalue weighted by Gasteiger charge is -2.59. The van der Waals surface area contributed by atoms with Gasteiger partial charge in [-0.1, -0.05) is 52.3 Å². The number of carbonyl (C=O) groups excluding carboxylic acids is 4. The van der Waals surface area contributed by atoms with Crippen molar-refractivity contribution >= 4 is 56.6 Å². The molecule has 1 spiro atoms. The number of likely N-dealkylation sites (tertiary alicyclic amines) is 1. The number of fused-ring (bicyclic) bond motifs is 1. The van der Waals surface area contributed by atoms with Crippen LogP contribution in [0.25, 0.3) is 21.8 Å². The van der Waals surface area contributed by atoms with Gasteiger partial charge in [0.1, 0.15) is 6.04 Å². The third-order valence-corrected chi connectivity index (χ3v) is 15.2. The molecule has 4 aromatic rings.